The van der Waals surface area contributed by atoms with Crippen LogP contribution >= 0.6 is 15.9 Å². The highest BCUT2D eigenvalue weighted by atomic mass is 79.9. The molecule has 0 aliphatic rings. The molecule has 0 aliphatic heterocycles. The first-order chi connectivity index (χ1) is 6.43. The highest BCUT2D eigenvalue weighted by Gasteiger charge is 2.23. The Morgan fingerprint density at radius 3 is 2.57 bits per heavy atom. The number of carbonyl (C=O) groups excluding carboxylic acids is 1. The number of nitrogens with two attached hydrogens (primary N) is 1. The molecule has 1 aromatic carbocycles. The van der Waals surface area contributed by atoms with Gasteiger partial charge in [-0.2, -0.15) is 0 Å². The zero-order valence-electron chi connectivity index (χ0n) is 6.66. The number of amides is 1. The molecule has 0 heterocycles. The summed E-state index contributed by atoms with van der Waals surface area (Å²) < 4.78 is 12.7. The fourth-order valence-corrected chi connectivity index (χ4v) is 1.52. The third-order valence-electron chi connectivity index (χ3n) is 1.48. The number of nitrogens with zero attached hydrogens (tertiary/aromatic N) is 1. The maximum Gasteiger partial charge on any atom is 0.296 e. The Bertz CT molecular complexity index is 422. The van der Waals surface area contributed by atoms with E-state index in [9.17, 15) is 19.3 Å². The number of hydrogen-bond donors (Lipinski definition) is 1. The van der Waals surface area contributed by atoms with Crippen molar-refractivity contribution >= 4 is 27.5 Å². The molecular formula is C7H4BrFN2O3. The van der Waals surface area contributed by atoms with Crippen molar-refractivity contribution in [1.82, 2.24) is 0 Å². The van der Waals surface area contributed by atoms with Crippen LogP contribution in [-0.2, 0) is 0 Å². The van der Waals surface area contributed by atoms with E-state index >= 15 is 0 Å². The van der Waals surface area contributed by atoms with Crippen LogP contribution in [0.5, 0.6) is 0 Å². The second-order valence-electron chi connectivity index (χ2n) is 2.41. The van der Waals surface area contributed by atoms with Gasteiger partial charge in [-0.1, -0.05) is 0 Å². The Labute approximate surface area is 86.0 Å². The third kappa shape index (κ3) is 1.87. The summed E-state index contributed by atoms with van der Waals surface area (Å²) in [5, 5.41) is 10.5. The quantitative estimate of drug-likeness (QED) is 0.649. The molecule has 0 spiro atoms. The molecule has 7 heteroatoms. The number of primary amides is 1. The first kappa shape index (κ1) is 10.6. The van der Waals surface area contributed by atoms with E-state index in [2.05, 4.69) is 15.9 Å². The van der Waals surface area contributed by atoms with Gasteiger partial charge in [0.1, 0.15) is 11.4 Å². The van der Waals surface area contributed by atoms with Crippen LogP contribution in [0.2, 0.25) is 0 Å². The second-order valence-corrected chi connectivity index (χ2v) is 3.26. The lowest BCUT2D eigenvalue weighted by molar-refractivity contribution is -0.386. The Balaban J connectivity index is 3.52. The zero-order valence-corrected chi connectivity index (χ0v) is 8.25. The van der Waals surface area contributed by atoms with Crippen molar-refractivity contribution in [1.29, 1.82) is 0 Å². The van der Waals surface area contributed by atoms with E-state index in [-0.39, 0.29) is 4.47 Å². The van der Waals surface area contributed by atoms with Crippen molar-refractivity contribution in [2.45, 2.75) is 0 Å². The van der Waals surface area contributed by atoms with E-state index in [4.69, 9.17) is 5.73 Å². The lowest BCUT2D eigenvalue weighted by Crippen LogP contribution is -2.14. The molecule has 1 rings (SSSR count). The number of hydrogen-bond acceptors (Lipinski definition) is 3. The van der Waals surface area contributed by atoms with Crippen LogP contribution in [0.3, 0.4) is 0 Å². The summed E-state index contributed by atoms with van der Waals surface area (Å²) in [7, 11) is 0. The van der Waals surface area contributed by atoms with Crippen molar-refractivity contribution in [3.8, 4) is 0 Å². The third-order valence-corrected chi connectivity index (χ3v) is 2.08. The van der Waals surface area contributed by atoms with Crippen molar-refractivity contribution in [2.75, 3.05) is 0 Å². The largest absolute Gasteiger partial charge is 0.365 e. The fourth-order valence-electron chi connectivity index (χ4n) is 0.939. The van der Waals surface area contributed by atoms with E-state index in [1.165, 1.54) is 0 Å². The summed E-state index contributed by atoms with van der Waals surface area (Å²) in [6, 6.07) is 1.62. The van der Waals surface area contributed by atoms with Crippen LogP contribution in [0.1, 0.15) is 10.4 Å². The summed E-state index contributed by atoms with van der Waals surface area (Å²) in [5.41, 5.74) is 3.87. The van der Waals surface area contributed by atoms with E-state index in [0.29, 0.717) is 0 Å². The van der Waals surface area contributed by atoms with Gasteiger partial charge in [0, 0.05) is 0 Å². The van der Waals surface area contributed by atoms with Gasteiger partial charge in [0.2, 0.25) is 0 Å². The summed E-state index contributed by atoms with van der Waals surface area (Å²) >= 11 is 2.78. The predicted molar refractivity (Wildman–Crippen MR) is 49.3 cm³/mol. The summed E-state index contributed by atoms with van der Waals surface area (Å²) in [6.45, 7) is 0. The Hall–Kier alpha value is -1.50. The Kier molecular flexibility index (Phi) is 2.80. The van der Waals surface area contributed by atoms with Gasteiger partial charge < -0.3 is 5.73 Å². The number of rotatable bonds is 2. The van der Waals surface area contributed by atoms with Gasteiger partial charge in [-0.15, -0.1) is 0 Å². The van der Waals surface area contributed by atoms with Crippen molar-refractivity contribution in [3.05, 3.63) is 38.1 Å². The van der Waals surface area contributed by atoms with Crippen molar-refractivity contribution in [3.63, 3.8) is 0 Å². The van der Waals surface area contributed by atoms with Crippen LogP contribution in [0.4, 0.5) is 10.1 Å². The average Bonchev–Trinajstić information content (AvgIpc) is 2.01. The van der Waals surface area contributed by atoms with Crippen LogP contribution in [0.15, 0.2) is 16.6 Å². The lowest BCUT2D eigenvalue weighted by atomic mass is 10.1. The van der Waals surface area contributed by atoms with Gasteiger partial charge in [0.25, 0.3) is 11.6 Å². The van der Waals surface area contributed by atoms with Crippen LogP contribution in [0.25, 0.3) is 0 Å². The monoisotopic (exact) mass is 262 g/mol. The molecule has 0 aliphatic carbocycles. The average molecular weight is 263 g/mol. The highest BCUT2D eigenvalue weighted by Crippen LogP contribution is 2.29. The number of nitro benzene ring substituents is 1. The van der Waals surface area contributed by atoms with Gasteiger partial charge in [-0.3, -0.25) is 14.9 Å². The first-order valence-corrected chi connectivity index (χ1v) is 4.16. The number of carbonyl (C=O) groups is 1. The molecule has 1 aromatic rings. The molecule has 5 nitrogen and oxygen atoms in total. The molecule has 0 fully saturated rings. The van der Waals surface area contributed by atoms with E-state index in [0.717, 1.165) is 12.1 Å². The topological polar surface area (TPSA) is 86.2 Å². The van der Waals surface area contributed by atoms with E-state index < -0.39 is 27.9 Å². The maximum atomic E-state index is 12.8. The minimum atomic E-state index is -1.04. The van der Waals surface area contributed by atoms with Gasteiger partial charge in [0.05, 0.1) is 9.40 Å². The Morgan fingerprint density at radius 1 is 1.57 bits per heavy atom. The second kappa shape index (κ2) is 3.70. The number of nitro groups is 1. The van der Waals surface area contributed by atoms with Gasteiger partial charge >= 0.3 is 0 Å². The zero-order chi connectivity index (χ0) is 10.9. The van der Waals surface area contributed by atoms with Gasteiger partial charge in [-0.25, -0.2) is 4.39 Å². The molecule has 0 unspecified atom stereocenters. The number of benzene rings is 1. The van der Waals surface area contributed by atoms with Crippen LogP contribution in [0, 0.1) is 15.9 Å². The minimum absolute atomic E-state index is 0.115. The summed E-state index contributed by atoms with van der Waals surface area (Å²) in [5.74, 6) is -1.81. The molecule has 0 saturated carbocycles. The standard InChI is InChI=1S/C7H4BrFN2O3/c8-5-2-3(9)1-4(7(10)12)6(5)11(13)14/h1-2H,(H2,10,12). The molecule has 0 radical (unpaired) electrons. The molecule has 1 amide bonds. The SMILES string of the molecule is NC(=O)c1cc(F)cc(Br)c1[N+](=O)[O-]. The number of halogens is 2. The fraction of sp³-hybridized carbons (Fsp3) is 0. The molecule has 0 aromatic heterocycles. The predicted octanol–water partition coefficient (Wildman–Crippen LogP) is 1.60. The van der Waals surface area contributed by atoms with Crippen LogP contribution in [-0.4, -0.2) is 10.8 Å². The summed E-state index contributed by atoms with van der Waals surface area (Å²) in [6.07, 6.45) is 0. The van der Waals surface area contributed by atoms with E-state index in [1.807, 2.05) is 0 Å². The first-order valence-electron chi connectivity index (χ1n) is 3.36. The van der Waals surface area contributed by atoms with Gasteiger partial charge in [0.15, 0.2) is 0 Å². The molecule has 74 valence electrons. The smallest absolute Gasteiger partial charge is 0.296 e. The molecule has 0 bridgehead atoms. The lowest BCUT2D eigenvalue weighted by Gasteiger charge is -2.00. The maximum absolute atomic E-state index is 12.8. The normalized spacial score (nSPS) is 9.86. The molecule has 14 heavy (non-hydrogen) atoms. The molecule has 0 atom stereocenters. The molecule has 2 N–H and O–H groups in total. The Morgan fingerprint density at radius 2 is 2.14 bits per heavy atom. The van der Waals surface area contributed by atoms with Crippen molar-refractivity contribution in [2.24, 2.45) is 5.73 Å². The van der Waals surface area contributed by atoms with Gasteiger partial charge in [-0.05, 0) is 28.1 Å². The minimum Gasteiger partial charge on any atom is -0.365 e. The van der Waals surface area contributed by atoms with Crippen molar-refractivity contribution < 1.29 is 14.1 Å². The highest BCUT2D eigenvalue weighted by molar-refractivity contribution is 9.10. The van der Waals surface area contributed by atoms with E-state index in [1.54, 1.807) is 0 Å². The molecule has 0 saturated heterocycles. The molecular weight excluding hydrogens is 259 g/mol. The van der Waals surface area contributed by atoms with Crippen LogP contribution < -0.4 is 5.73 Å². The summed E-state index contributed by atoms with van der Waals surface area (Å²) in [4.78, 5) is 20.5.